The second-order valence-corrected chi connectivity index (χ2v) is 4.79. The molecule has 0 aliphatic carbocycles. The van der Waals surface area contributed by atoms with Crippen molar-refractivity contribution < 1.29 is 24.3 Å². The van der Waals surface area contributed by atoms with Crippen LogP contribution in [0.2, 0.25) is 0 Å². The summed E-state index contributed by atoms with van der Waals surface area (Å²) >= 11 is 0. The van der Waals surface area contributed by atoms with E-state index in [1.54, 1.807) is 6.92 Å². The minimum Gasteiger partial charge on any atom is -0.479 e. The highest BCUT2D eigenvalue weighted by atomic mass is 16.7. The van der Waals surface area contributed by atoms with Gasteiger partial charge in [0.15, 0.2) is 18.2 Å². The van der Waals surface area contributed by atoms with Crippen LogP contribution >= 0.6 is 0 Å². The minimum absolute atomic E-state index is 0.183. The Morgan fingerprint density at radius 3 is 3.05 bits per heavy atom. The third-order valence-corrected chi connectivity index (χ3v) is 3.30. The molecule has 1 aromatic heterocycles. The number of hydrogen-bond acceptors (Lipinski definition) is 6. The lowest BCUT2D eigenvalue weighted by Gasteiger charge is -2.25. The van der Waals surface area contributed by atoms with E-state index in [1.807, 2.05) is 0 Å². The van der Waals surface area contributed by atoms with Gasteiger partial charge in [-0.2, -0.15) is 0 Å². The molecule has 1 aromatic rings. The largest absolute Gasteiger partial charge is 0.479 e. The van der Waals surface area contributed by atoms with Gasteiger partial charge < -0.3 is 24.7 Å². The Hall–Kier alpha value is -2.00. The number of aliphatic carboxylic acids is 1. The summed E-state index contributed by atoms with van der Waals surface area (Å²) in [6.45, 7) is 1.92. The first-order valence-corrected chi connectivity index (χ1v) is 6.65. The maximum absolute atomic E-state index is 11.3. The van der Waals surface area contributed by atoms with Gasteiger partial charge in [-0.15, -0.1) is 0 Å². The van der Waals surface area contributed by atoms with Crippen LogP contribution < -0.4 is 0 Å². The fraction of sp³-hybridized carbons (Fsp3) is 0.667. The molecule has 1 aliphatic rings. The summed E-state index contributed by atoms with van der Waals surface area (Å²) < 4.78 is 12.0. The summed E-state index contributed by atoms with van der Waals surface area (Å²) in [5.41, 5.74) is 0. The first-order chi connectivity index (χ1) is 9.99. The molecule has 0 bridgehead atoms. The fourth-order valence-electron chi connectivity index (χ4n) is 2.17. The maximum atomic E-state index is 11.3. The molecule has 1 aliphatic heterocycles. The monoisotopic (exact) mass is 299 g/mol. The van der Waals surface area contributed by atoms with Crippen LogP contribution in [-0.2, 0) is 20.8 Å². The molecule has 0 saturated carbocycles. The van der Waals surface area contributed by atoms with E-state index >= 15 is 0 Å². The number of hydrogen-bond donors (Lipinski definition) is 1. The molecule has 0 aromatic carbocycles. The van der Waals surface area contributed by atoms with Crippen LogP contribution in [0, 0.1) is 17.0 Å². The highest BCUT2D eigenvalue weighted by molar-refractivity contribution is 5.72. The van der Waals surface area contributed by atoms with Gasteiger partial charge in [-0.1, -0.05) is 0 Å². The minimum atomic E-state index is -1.22. The molecule has 2 rings (SSSR count). The normalized spacial score (nSPS) is 20.1. The fourth-order valence-corrected chi connectivity index (χ4v) is 2.17. The number of carbonyl (C=O) groups is 1. The van der Waals surface area contributed by atoms with Crippen molar-refractivity contribution in [2.75, 3.05) is 6.61 Å². The third-order valence-electron chi connectivity index (χ3n) is 3.30. The van der Waals surface area contributed by atoms with Crippen LogP contribution in [0.3, 0.4) is 0 Å². The number of rotatable bonds is 6. The molecular weight excluding hydrogens is 282 g/mol. The lowest BCUT2D eigenvalue weighted by Crippen LogP contribution is -2.36. The molecule has 9 heteroatoms. The van der Waals surface area contributed by atoms with Crippen molar-refractivity contribution in [2.24, 2.45) is 0 Å². The van der Waals surface area contributed by atoms with Crippen molar-refractivity contribution in [1.29, 1.82) is 0 Å². The molecule has 0 spiro atoms. The van der Waals surface area contributed by atoms with Crippen LogP contribution in [0.15, 0.2) is 6.20 Å². The molecule has 1 fully saturated rings. The first kappa shape index (κ1) is 15.4. The van der Waals surface area contributed by atoms with Gasteiger partial charge in [0.2, 0.25) is 0 Å². The van der Waals surface area contributed by atoms with E-state index in [2.05, 4.69) is 4.98 Å². The zero-order chi connectivity index (χ0) is 15.4. The van der Waals surface area contributed by atoms with Gasteiger partial charge in [0, 0.05) is 13.5 Å². The smallest absolute Gasteiger partial charge is 0.342 e. The molecule has 2 heterocycles. The standard InChI is InChI=1S/C12H17N3O6/c1-8-13-6-10(15(18)19)14(8)7-9(12(16)17)21-11-4-2-3-5-20-11/h6,9,11H,2-5,7H2,1H3,(H,16,17). The molecule has 9 nitrogen and oxygen atoms in total. The number of carboxylic acid groups (broad SMARTS) is 1. The number of aromatic nitrogens is 2. The third kappa shape index (κ3) is 3.76. The van der Waals surface area contributed by atoms with E-state index in [1.165, 1.54) is 4.57 Å². The van der Waals surface area contributed by atoms with Crippen molar-refractivity contribution >= 4 is 11.8 Å². The topological polar surface area (TPSA) is 117 Å². The molecule has 1 N–H and O–H groups in total. The quantitative estimate of drug-likeness (QED) is 0.617. The van der Waals surface area contributed by atoms with E-state index in [4.69, 9.17) is 9.47 Å². The molecule has 2 atom stereocenters. The number of carboxylic acids is 1. The number of ether oxygens (including phenoxy) is 2. The first-order valence-electron chi connectivity index (χ1n) is 6.65. The summed E-state index contributed by atoms with van der Waals surface area (Å²) in [5, 5.41) is 20.1. The summed E-state index contributed by atoms with van der Waals surface area (Å²) in [5.74, 6) is -1.08. The van der Waals surface area contributed by atoms with Gasteiger partial charge in [-0.3, -0.25) is 0 Å². The van der Waals surface area contributed by atoms with Crippen LogP contribution in [0.25, 0.3) is 0 Å². The molecule has 2 unspecified atom stereocenters. The summed E-state index contributed by atoms with van der Waals surface area (Å²) in [6, 6.07) is 0. The number of imidazole rings is 1. The SMILES string of the molecule is Cc1ncc([N+](=O)[O-])n1CC(OC1CCCCO1)C(=O)O. The van der Waals surface area contributed by atoms with E-state index in [0.29, 0.717) is 18.9 Å². The van der Waals surface area contributed by atoms with Crippen molar-refractivity contribution in [2.45, 2.75) is 45.1 Å². The van der Waals surface area contributed by atoms with Crippen molar-refractivity contribution in [3.05, 3.63) is 22.1 Å². The predicted octanol–water partition coefficient (Wildman–Crippen LogP) is 1.10. The number of nitrogens with zero attached hydrogens (tertiary/aromatic N) is 3. The summed E-state index contributed by atoms with van der Waals surface area (Å²) in [7, 11) is 0. The van der Waals surface area contributed by atoms with E-state index in [0.717, 1.165) is 19.0 Å². The average Bonchev–Trinajstić information content (AvgIpc) is 2.80. The Morgan fingerprint density at radius 1 is 1.71 bits per heavy atom. The molecule has 0 radical (unpaired) electrons. The van der Waals surface area contributed by atoms with Crippen molar-refractivity contribution in [3.63, 3.8) is 0 Å². The Kier molecular flexibility index (Phi) is 4.86. The highest BCUT2D eigenvalue weighted by Gasteiger charge is 2.30. The van der Waals surface area contributed by atoms with Crippen LogP contribution in [0.1, 0.15) is 25.1 Å². The van der Waals surface area contributed by atoms with Gasteiger partial charge >= 0.3 is 11.8 Å². The molecular formula is C12H17N3O6. The molecule has 1 saturated heterocycles. The van der Waals surface area contributed by atoms with Crippen molar-refractivity contribution in [3.8, 4) is 0 Å². The van der Waals surface area contributed by atoms with Gasteiger partial charge in [0.1, 0.15) is 12.7 Å². The van der Waals surface area contributed by atoms with E-state index in [-0.39, 0.29) is 12.4 Å². The summed E-state index contributed by atoms with van der Waals surface area (Å²) in [6.07, 6.45) is 1.74. The van der Waals surface area contributed by atoms with Crippen LogP contribution in [-0.4, -0.2) is 44.6 Å². The van der Waals surface area contributed by atoms with Crippen LogP contribution in [0.5, 0.6) is 0 Å². The lowest BCUT2D eigenvalue weighted by atomic mass is 10.2. The lowest BCUT2D eigenvalue weighted by molar-refractivity contribution is -0.392. The molecule has 21 heavy (non-hydrogen) atoms. The number of aryl methyl sites for hydroxylation is 1. The second kappa shape index (κ2) is 6.64. The summed E-state index contributed by atoms with van der Waals surface area (Å²) in [4.78, 5) is 25.5. The second-order valence-electron chi connectivity index (χ2n) is 4.79. The maximum Gasteiger partial charge on any atom is 0.342 e. The van der Waals surface area contributed by atoms with Gasteiger partial charge in [0.05, 0.1) is 0 Å². The van der Waals surface area contributed by atoms with Gasteiger partial charge in [-0.05, 0) is 24.2 Å². The molecule has 0 amide bonds. The van der Waals surface area contributed by atoms with Gasteiger partial charge in [0.25, 0.3) is 0 Å². The Morgan fingerprint density at radius 2 is 2.48 bits per heavy atom. The van der Waals surface area contributed by atoms with Crippen LogP contribution in [0.4, 0.5) is 5.82 Å². The Labute approximate surface area is 120 Å². The number of nitro groups is 1. The van der Waals surface area contributed by atoms with Crippen molar-refractivity contribution in [1.82, 2.24) is 9.55 Å². The average molecular weight is 299 g/mol. The van der Waals surface area contributed by atoms with Gasteiger partial charge in [-0.25, -0.2) is 14.3 Å². The zero-order valence-electron chi connectivity index (χ0n) is 11.6. The Bertz CT molecular complexity index is 523. The molecule has 116 valence electrons. The predicted molar refractivity (Wildman–Crippen MR) is 69.7 cm³/mol. The van der Waals surface area contributed by atoms with E-state index in [9.17, 15) is 20.0 Å². The van der Waals surface area contributed by atoms with E-state index < -0.39 is 23.3 Å². The zero-order valence-corrected chi connectivity index (χ0v) is 11.6. The highest BCUT2D eigenvalue weighted by Crippen LogP contribution is 2.19. The Balaban J connectivity index is 2.11.